The van der Waals surface area contributed by atoms with Crippen molar-refractivity contribution in [1.82, 2.24) is 9.80 Å². The average molecular weight is 141 g/mol. The lowest BCUT2D eigenvalue weighted by molar-refractivity contribution is 0.299. The highest BCUT2D eigenvalue weighted by atomic mass is 15.2. The summed E-state index contributed by atoms with van der Waals surface area (Å²) in [4.78, 5) is 4.79. The molecule has 2 heteroatoms. The van der Waals surface area contributed by atoms with Gasteiger partial charge in [0.05, 0.1) is 0 Å². The van der Waals surface area contributed by atoms with E-state index in [1.165, 1.54) is 32.6 Å². The lowest BCUT2D eigenvalue weighted by atomic mass is 10.4. The number of hydrogen-bond donors (Lipinski definition) is 0. The Bertz CT molecular complexity index is 93.3. The van der Waals surface area contributed by atoms with Gasteiger partial charge in [-0.25, -0.2) is 0 Å². The molecule has 0 amide bonds. The quantitative estimate of drug-likeness (QED) is 0.523. The first-order chi connectivity index (χ1) is 4.83. The van der Waals surface area contributed by atoms with Crippen molar-refractivity contribution in [2.45, 2.75) is 6.42 Å². The molecule has 1 rings (SSSR count). The molecule has 2 nitrogen and oxygen atoms in total. The van der Waals surface area contributed by atoms with Gasteiger partial charge in [0.25, 0.3) is 0 Å². The highest BCUT2D eigenvalue weighted by Gasteiger charge is 2.08. The molecule has 1 aliphatic rings. The first-order valence-electron chi connectivity index (χ1n) is 4.03. The molecule has 1 heterocycles. The molecule has 0 aromatic heterocycles. The third-order valence-electron chi connectivity index (χ3n) is 2.13. The molecule has 0 aliphatic carbocycles. The smallest absolute Gasteiger partial charge is 0.0109 e. The van der Waals surface area contributed by atoms with Crippen LogP contribution in [0.2, 0.25) is 0 Å². The summed E-state index contributed by atoms with van der Waals surface area (Å²) < 4.78 is 0. The van der Waals surface area contributed by atoms with Gasteiger partial charge in [0.1, 0.15) is 0 Å². The zero-order chi connectivity index (χ0) is 7.40. The normalized spacial score (nSPS) is 24.6. The van der Waals surface area contributed by atoms with E-state index in [2.05, 4.69) is 23.8 Å². The molecule has 0 aromatic carbocycles. The maximum absolute atomic E-state index is 3.88. The fourth-order valence-electron chi connectivity index (χ4n) is 1.32. The van der Waals surface area contributed by atoms with Crippen LogP contribution in [0.4, 0.5) is 0 Å². The van der Waals surface area contributed by atoms with Crippen molar-refractivity contribution >= 4 is 0 Å². The van der Waals surface area contributed by atoms with Crippen LogP contribution in [0.15, 0.2) is 0 Å². The van der Waals surface area contributed by atoms with Gasteiger partial charge in [-0.3, -0.25) is 0 Å². The Labute approximate surface area is 63.8 Å². The van der Waals surface area contributed by atoms with Crippen molar-refractivity contribution in [3.63, 3.8) is 0 Å². The molecular weight excluding hydrogens is 124 g/mol. The molecule has 0 aromatic rings. The number of likely N-dealkylation sites (N-methyl/N-ethyl adjacent to an activating group) is 1. The fraction of sp³-hybridized carbons (Fsp3) is 0.875. The van der Waals surface area contributed by atoms with E-state index in [9.17, 15) is 0 Å². The van der Waals surface area contributed by atoms with Crippen molar-refractivity contribution in [2.24, 2.45) is 0 Å². The van der Waals surface area contributed by atoms with Gasteiger partial charge in [-0.2, -0.15) is 0 Å². The molecule has 10 heavy (non-hydrogen) atoms. The van der Waals surface area contributed by atoms with E-state index >= 15 is 0 Å². The Morgan fingerprint density at radius 2 is 2.00 bits per heavy atom. The molecule has 1 saturated heterocycles. The summed E-state index contributed by atoms with van der Waals surface area (Å²) in [6.45, 7) is 9.72. The standard InChI is InChI=1S/C8H17N2/c1-3-10-6-4-5-9(2)7-8-10/h1,3-8H2,2H3. The van der Waals surface area contributed by atoms with Crippen LogP contribution >= 0.6 is 0 Å². The minimum Gasteiger partial charge on any atom is -0.305 e. The van der Waals surface area contributed by atoms with Crippen molar-refractivity contribution in [3.8, 4) is 0 Å². The van der Waals surface area contributed by atoms with Crippen LogP contribution in [0.5, 0.6) is 0 Å². The Hall–Kier alpha value is -0.0800. The summed E-state index contributed by atoms with van der Waals surface area (Å²) >= 11 is 0. The predicted octanol–water partition coefficient (Wildman–Crippen LogP) is 0.458. The SMILES string of the molecule is [CH2]CN1CCCN(C)CC1. The summed E-state index contributed by atoms with van der Waals surface area (Å²) in [6, 6.07) is 0. The molecule has 59 valence electrons. The molecule has 0 bridgehead atoms. The first kappa shape index (κ1) is 8.02. The molecule has 0 spiro atoms. The number of hydrogen-bond acceptors (Lipinski definition) is 2. The van der Waals surface area contributed by atoms with Gasteiger partial charge in [0.2, 0.25) is 0 Å². The fourth-order valence-corrected chi connectivity index (χ4v) is 1.32. The van der Waals surface area contributed by atoms with Crippen LogP contribution in [0.25, 0.3) is 0 Å². The first-order valence-corrected chi connectivity index (χ1v) is 4.03. The predicted molar refractivity (Wildman–Crippen MR) is 43.9 cm³/mol. The van der Waals surface area contributed by atoms with Gasteiger partial charge in [0.15, 0.2) is 0 Å². The van der Waals surface area contributed by atoms with Crippen LogP contribution in [-0.2, 0) is 0 Å². The summed E-state index contributed by atoms with van der Waals surface area (Å²) in [6.07, 6.45) is 1.30. The van der Waals surface area contributed by atoms with Crippen LogP contribution in [0, 0.1) is 6.92 Å². The molecule has 0 N–H and O–H groups in total. The lowest BCUT2D eigenvalue weighted by Crippen LogP contribution is -2.28. The van der Waals surface area contributed by atoms with E-state index in [1.807, 2.05) is 0 Å². The highest BCUT2D eigenvalue weighted by Crippen LogP contribution is 1.98. The minimum atomic E-state index is 0.966. The molecule has 0 saturated carbocycles. The third kappa shape index (κ3) is 2.27. The summed E-state index contributed by atoms with van der Waals surface area (Å²) in [7, 11) is 2.19. The minimum absolute atomic E-state index is 0.966. The van der Waals surface area contributed by atoms with Gasteiger partial charge in [0, 0.05) is 13.1 Å². The van der Waals surface area contributed by atoms with Crippen LogP contribution in [0.3, 0.4) is 0 Å². The second-order valence-corrected chi connectivity index (χ2v) is 3.00. The van der Waals surface area contributed by atoms with Crippen LogP contribution in [-0.4, -0.2) is 49.6 Å². The highest BCUT2D eigenvalue weighted by molar-refractivity contribution is 4.67. The van der Waals surface area contributed by atoms with E-state index in [0.717, 1.165) is 6.54 Å². The van der Waals surface area contributed by atoms with Gasteiger partial charge < -0.3 is 9.80 Å². The molecule has 0 unspecified atom stereocenters. The molecule has 1 fully saturated rings. The topological polar surface area (TPSA) is 6.48 Å². The summed E-state index contributed by atoms with van der Waals surface area (Å²) in [5, 5.41) is 0. The zero-order valence-corrected chi connectivity index (χ0v) is 6.84. The van der Waals surface area contributed by atoms with E-state index in [4.69, 9.17) is 0 Å². The third-order valence-corrected chi connectivity index (χ3v) is 2.13. The van der Waals surface area contributed by atoms with Crippen molar-refractivity contribution in [2.75, 3.05) is 39.8 Å². The van der Waals surface area contributed by atoms with E-state index in [1.54, 1.807) is 0 Å². The number of nitrogens with zero attached hydrogens (tertiary/aromatic N) is 2. The second kappa shape index (κ2) is 3.94. The Morgan fingerprint density at radius 1 is 1.20 bits per heavy atom. The van der Waals surface area contributed by atoms with Gasteiger partial charge in [-0.15, -0.1) is 0 Å². The Balaban J connectivity index is 2.26. The van der Waals surface area contributed by atoms with Crippen LogP contribution < -0.4 is 0 Å². The largest absolute Gasteiger partial charge is 0.305 e. The molecule has 0 atom stereocenters. The average Bonchev–Trinajstić information content (AvgIpc) is 2.14. The molecule has 1 aliphatic heterocycles. The summed E-state index contributed by atoms with van der Waals surface area (Å²) in [5.41, 5.74) is 0. The van der Waals surface area contributed by atoms with Gasteiger partial charge in [-0.05, 0) is 40.0 Å². The molecule has 1 radical (unpaired) electrons. The monoisotopic (exact) mass is 141 g/mol. The number of rotatable bonds is 1. The summed E-state index contributed by atoms with van der Waals surface area (Å²) in [5.74, 6) is 0. The Kier molecular flexibility index (Phi) is 3.16. The van der Waals surface area contributed by atoms with E-state index in [0.29, 0.717) is 0 Å². The van der Waals surface area contributed by atoms with Gasteiger partial charge in [-0.1, -0.05) is 0 Å². The van der Waals surface area contributed by atoms with E-state index < -0.39 is 0 Å². The maximum atomic E-state index is 3.88. The lowest BCUT2D eigenvalue weighted by Gasteiger charge is -2.16. The maximum Gasteiger partial charge on any atom is 0.0109 e. The van der Waals surface area contributed by atoms with Crippen molar-refractivity contribution in [1.29, 1.82) is 0 Å². The van der Waals surface area contributed by atoms with E-state index in [-0.39, 0.29) is 0 Å². The van der Waals surface area contributed by atoms with Gasteiger partial charge >= 0.3 is 0 Å². The van der Waals surface area contributed by atoms with Crippen molar-refractivity contribution in [3.05, 3.63) is 6.92 Å². The van der Waals surface area contributed by atoms with Crippen molar-refractivity contribution < 1.29 is 0 Å². The van der Waals surface area contributed by atoms with Crippen LogP contribution in [0.1, 0.15) is 6.42 Å². The zero-order valence-electron chi connectivity index (χ0n) is 6.84. The second-order valence-electron chi connectivity index (χ2n) is 3.00. The molecular formula is C8H17N2. The Morgan fingerprint density at radius 3 is 2.70 bits per heavy atom.